The van der Waals surface area contributed by atoms with Gasteiger partial charge in [0.1, 0.15) is 12.2 Å². The highest BCUT2D eigenvalue weighted by molar-refractivity contribution is 5.83. The maximum Gasteiger partial charge on any atom is 0.237 e. The molecule has 1 heterocycles. The van der Waals surface area contributed by atoms with E-state index in [1.54, 1.807) is 0 Å². The normalized spacial score (nSPS) is 33.5. The van der Waals surface area contributed by atoms with Crippen molar-refractivity contribution in [3.8, 4) is 6.07 Å². The van der Waals surface area contributed by atoms with E-state index >= 15 is 0 Å². The Kier molecular flexibility index (Phi) is 7.15. The molecule has 0 aromatic heterocycles. The lowest BCUT2D eigenvalue weighted by Crippen LogP contribution is -2.60. The van der Waals surface area contributed by atoms with Crippen molar-refractivity contribution in [1.29, 1.82) is 5.26 Å². The second-order valence-electron chi connectivity index (χ2n) is 9.25. The number of carbonyl (C=O) groups excluding carboxylic acids is 2. The predicted octanol–water partition coefficient (Wildman–Crippen LogP) is 2.83. The number of nitrogens with zero attached hydrogens (tertiary/aromatic N) is 2. The third-order valence-electron chi connectivity index (χ3n) is 7.38. The van der Waals surface area contributed by atoms with E-state index in [-0.39, 0.29) is 42.3 Å². The van der Waals surface area contributed by atoms with Gasteiger partial charge in [0.2, 0.25) is 11.8 Å². The van der Waals surface area contributed by atoms with E-state index in [0.29, 0.717) is 0 Å². The topological polar surface area (TPSA) is 85.2 Å². The van der Waals surface area contributed by atoms with Crippen LogP contribution < -0.4 is 10.6 Å². The van der Waals surface area contributed by atoms with Crippen LogP contribution in [0.15, 0.2) is 0 Å². The van der Waals surface area contributed by atoms with Crippen molar-refractivity contribution in [2.45, 2.75) is 95.3 Å². The van der Waals surface area contributed by atoms with Crippen molar-refractivity contribution in [1.82, 2.24) is 15.5 Å². The minimum atomic E-state index is -1.10. The number of likely N-dealkylation sites (tertiary alicyclic amines) is 1. The number of unbranched alkanes of at least 4 members (excludes halogenated alkanes) is 3. The Hall–Kier alpha value is -1.68. The number of amides is 2. The molecule has 2 N–H and O–H groups in total. The van der Waals surface area contributed by atoms with Crippen LogP contribution >= 0.6 is 0 Å². The van der Waals surface area contributed by atoms with Crippen LogP contribution in [0.25, 0.3) is 0 Å². The van der Waals surface area contributed by atoms with Gasteiger partial charge in [-0.1, -0.05) is 26.2 Å². The molecule has 2 amide bonds. The van der Waals surface area contributed by atoms with Crippen molar-refractivity contribution in [2.24, 2.45) is 5.41 Å². The lowest BCUT2D eigenvalue weighted by molar-refractivity contribution is -0.139. The third kappa shape index (κ3) is 4.91. The monoisotopic (exact) mass is 406 g/mol. The highest BCUT2D eigenvalue weighted by Crippen LogP contribution is 2.52. The first-order chi connectivity index (χ1) is 13.9. The first-order valence-corrected chi connectivity index (χ1v) is 11.3. The molecular weight excluding hydrogens is 371 g/mol. The molecule has 0 aromatic carbocycles. The van der Waals surface area contributed by atoms with Crippen molar-refractivity contribution in [2.75, 3.05) is 19.6 Å². The molecule has 2 bridgehead atoms. The van der Waals surface area contributed by atoms with E-state index in [1.807, 2.05) is 6.07 Å². The van der Waals surface area contributed by atoms with Crippen LogP contribution in [0.1, 0.15) is 77.6 Å². The number of halogens is 1. The van der Waals surface area contributed by atoms with Crippen LogP contribution in [0.4, 0.5) is 4.39 Å². The highest BCUT2D eigenvalue weighted by atomic mass is 19.1. The summed E-state index contributed by atoms with van der Waals surface area (Å²) in [6.07, 6.45) is 8.84. The third-order valence-corrected chi connectivity index (χ3v) is 7.38. The molecule has 29 heavy (non-hydrogen) atoms. The van der Waals surface area contributed by atoms with Crippen LogP contribution in [0.2, 0.25) is 0 Å². The SMILES string of the molecule is CCCCCCNC(=O)C12CCC(NCC(=O)N3CC(F)CC3C#N)(CC1)CC2. The van der Waals surface area contributed by atoms with Gasteiger partial charge in [0.25, 0.3) is 0 Å². The zero-order chi connectivity index (χ0) is 20.9. The summed E-state index contributed by atoms with van der Waals surface area (Å²) in [5.41, 5.74) is -0.337. The summed E-state index contributed by atoms with van der Waals surface area (Å²) >= 11 is 0. The molecule has 4 aliphatic rings. The Labute approximate surface area is 173 Å². The van der Waals surface area contributed by atoms with Crippen LogP contribution in [0, 0.1) is 16.7 Å². The van der Waals surface area contributed by atoms with Gasteiger partial charge in [-0.3, -0.25) is 9.59 Å². The summed E-state index contributed by atoms with van der Waals surface area (Å²) in [7, 11) is 0. The molecule has 1 aliphatic heterocycles. The van der Waals surface area contributed by atoms with E-state index in [4.69, 9.17) is 5.26 Å². The molecule has 6 nitrogen and oxygen atoms in total. The Morgan fingerprint density at radius 3 is 2.45 bits per heavy atom. The number of carbonyl (C=O) groups is 2. The van der Waals surface area contributed by atoms with Gasteiger partial charge in [-0.05, 0) is 44.9 Å². The highest BCUT2D eigenvalue weighted by Gasteiger charge is 2.52. The molecule has 162 valence electrons. The zero-order valence-electron chi connectivity index (χ0n) is 17.6. The summed E-state index contributed by atoms with van der Waals surface area (Å²) in [4.78, 5) is 26.7. The Morgan fingerprint density at radius 2 is 1.83 bits per heavy atom. The molecular formula is C22H35FN4O2. The van der Waals surface area contributed by atoms with Crippen molar-refractivity contribution < 1.29 is 14.0 Å². The Morgan fingerprint density at radius 1 is 1.14 bits per heavy atom. The molecule has 0 spiro atoms. The lowest BCUT2D eigenvalue weighted by Gasteiger charge is -2.53. The molecule has 4 fully saturated rings. The van der Waals surface area contributed by atoms with Crippen molar-refractivity contribution >= 4 is 11.8 Å². The number of nitriles is 1. The van der Waals surface area contributed by atoms with Crippen LogP contribution in [0.5, 0.6) is 0 Å². The average Bonchev–Trinajstić information content (AvgIpc) is 3.14. The second-order valence-corrected chi connectivity index (χ2v) is 9.25. The molecule has 1 saturated heterocycles. The van der Waals surface area contributed by atoms with Gasteiger partial charge in [-0.25, -0.2) is 4.39 Å². The Bertz CT molecular complexity index is 623. The molecule has 4 rings (SSSR count). The summed E-state index contributed by atoms with van der Waals surface area (Å²) < 4.78 is 13.6. The maximum absolute atomic E-state index is 13.6. The predicted molar refractivity (Wildman–Crippen MR) is 109 cm³/mol. The first-order valence-electron chi connectivity index (χ1n) is 11.3. The van der Waals surface area contributed by atoms with E-state index in [0.717, 1.165) is 57.9 Å². The van der Waals surface area contributed by atoms with Gasteiger partial charge in [0, 0.05) is 23.9 Å². The van der Waals surface area contributed by atoms with E-state index in [9.17, 15) is 14.0 Å². The molecule has 0 aromatic rings. The quantitative estimate of drug-likeness (QED) is 0.577. The number of nitrogens with one attached hydrogen (secondary N) is 2. The number of hydrogen-bond donors (Lipinski definition) is 2. The fraction of sp³-hybridized carbons (Fsp3) is 0.864. The fourth-order valence-electron chi connectivity index (χ4n) is 5.28. The number of fused-ring (bicyclic) bond motifs is 3. The van der Waals surface area contributed by atoms with Crippen LogP contribution in [-0.2, 0) is 9.59 Å². The number of alkyl halides is 1. The van der Waals surface area contributed by atoms with Crippen LogP contribution in [0.3, 0.4) is 0 Å². The van der Waals surface area contributed by atoms with Gasteiger partial charge >= 0.3 is 0 Å². The smallest absolute Gasteiger partial charge is 0.237 e. The van der Waals surface area contributed by atoms with Crippen molar-refractivity contribution in [3.63, 3.8) is 0 Å². The van der Waals surface area contributed by atoms with Crippen molar-refractivity contribution in [3.05, 3.63) is 0 Å². The summed E-state index contributed by atoms with van der Waals surface area (Å²) in [5, 5.41) is 15.7. The minimum absolute atomic E-state index is 0.0211. The molecule has 2 atom stereocenters. The largest absolute Gasteiger partial charge is 0.356 e. The van der Waals surface area contributed by atoms with Gasteiger partial charge in [0.05, 0.1) is 19.2 Å². The zero-order valence-corrected chi connectivity index (χ0v) is 17.6. The summed E-state index contributed by atoms with van der Waals surface area (Å²) in [6, 6.07) is 1.38. The number of rotatable bonds is 9. The van der Waals surface area contributed by atoms with E-state index in [1.165, 1.54) is 17.7 Å². The fourth-order valence-corrected chi connectivity index (χ4v) is 5.28. The summed E-state index contributed by atoms with van der Waals surface area (Å²) in [6.45, 7) is 3.11. The van der Waals surface area contributed by atoms with Gasteiger partial charge in [-0.15, -0.1) is 0 Å². The van der Waals surface area contributed by atoms with E-state index in [2.05, 4.69) is 17.6 Å². The molecule has 2 unspecified atom stereocenters. The maximum atomic E-state index is 13.6. The lowest BCUT2D eigenvalue weighted by atomic mass is 9.57. The first kappa shape index (κ1) is 22.0. The van der Waals surface area contributed by atoms with Crippen LogP contribution in [-0.4, -0.2) is 54.1 Å². The second kappa shape index (κ2) is 9.42. The Balaban J connectivity index is 1.45. The number of hydrogen-bond acceptors (Lipinski definition) is 4. The molecule has 7 heteroatoms. The molecule has 0 radical (unpaired) electrons. The van der Waals surface area contributed by atoms with Gasteiger partial charge < -0.3 is 15.5 Å². The molecule has 3 saturated carbocycles. The average molecular weight is 407 g/mol. The van der Waals surface area contributed by atoms with E-state index < -0.39 is 12.2 Å². The van der Waals surface area contributed by atoms with Gasteiger partial charge in [-0.2, -0.15) is 5.26 Å². The molecule has 3 aliphatic carbocycles. The standard InChI is InChI=1S/C22H35FN4O2/c1-2-3-4-5-12-25-20(29)21-6-9-22(10-7-21,11-8-21)26-15-19(28)27-16-17(23)13-18(27)14-24/h17-18,26H,2-13,15-16H2,1H3,(H,25,29). The minimum Gasteiger partial charge on any atom is -0.356 e. The summed E-state index contributed by atoms with van der Waals surface area (Å²) in [5.74, 6) is 0.0135. The van der Waals surface area contributed by atoms with Gasteiger partial charge in [0.15, 0.2) is 0 Å².